The van der Waals surface area contributed by atoms with Gasteiger partial charge in [-0.1, -0.05) is 12.1 Å². The number of nitrogen functional groups attached to an aromatic ring is 1. The highest BCUT2D eigenvalue weighted by Crippen LogP contribution is 2.15. The van der Waals surface area contributed by atoms with Gasteiger partial charge in [0.15, 0.2) is 11.5 Å². The summed E-state index contributed by atoms with van der Waals surface area (Å²) < 4.78 is 0. The lowest BCUT2D eigenvalue weighted by atomic mass is 10.1. The maximum Gasteiger partial charge on any atom is 0.271 e. The van der Waals surface area contributed by atoms with Gasteiger partial charge in [0.1, 0.15) is 0 Å². The number of rotatable bonds is 7. The molecule has 0 aliphatic heterocycles. The lowest BCUT2D eigenvalue weighted by molar-refractivity contribution is 0.0752. The van der Waals surface area contributed by atoms with Crippen molar-refractivity contribution < 1.29 is 9.59 Å². The summed E-state index contributed by atoms with van der Waals surface area (Å²) in [5, 5.41) is 0. The Kier molecular flexibility index (Phi) is 6.13. The Morgan fingerprint density at radius 2 is 1.86 bits per heavy atom. The van der Waals surface area contributed by atoms with Crippen molar-refractivity contribution in [1.82, 2.24) is 19.9 Å². The molecule has 29 heavy (non-hydrogen) atoms. The van der Waals surface area contributed by atoms with Crippen molar-refractivity contribution in [3.05, 3.63) is 83.1 Å². The Hall–Kier alpha value is -3.81. The SMILES string of the molecule is CCN(Cc1ccncc1)C(=O)c1cccc(Cc2cnc(N)c(C(N)=O)n2)c1. The number of aromatic nitrogens is 3. The average Bonchev–Trinajstić information content (AvgIpc) is 2.73. The number of amides is 2. The molecule has 0 saturated heterocycles. The monoisotopic (exact) mass is 390 g/mol. The van der Waals surface area contributed by atoms with E-state index in [0.29, 0.717) is 30.8 Å². The Bertz CT molecular complexity index is 1020. The summed E-state index contributed by atoms with van der Waals surface area (Å²) in [7, 11) is 0. The number of hydrogen-bond donors (Lipinski definition) is 2. The van der Waals surface area contributed by atoms with E-state index >= 15 is 0 Å². The minimum Gasteiger partial charge on any atom is -0.382 e. The van der Waals surface area contributed by atoms with Gasteiger partial charge in [0.2, 0.25) is 0 Å². The molecule has 0 radical (unpaired) electrons. The van der Waals surface area contributed by atoms with Crippen LogP contribution >= 0.6 is 0 Å². The molecule has 2 heterocycles. The number of carbonyl (C=O) groups is 2. The first-order valence-electron chi connectivity index (χ1n) is 9.16. The van der Waals surface area contributed by atoms with E-state index in [0.717, 1.165) is 11.1 Å². The summed E-state index contributed by atoms with van der Waals surface area (Å²) in [6.07, 6.45) is 5.31. The van der Waals surface area contributed by atoms with Crippen molar-refractivity contribution in [1.29, 1.82) is 0 Å². The highest BCUT2D eigenvalue weighted by atomic mass is 16.2. The Morgan fingerprint density at radius 1 is 1.10 bits per heavy atom. The number of carbonyl (C=O) groups excluding carboxylic acids is 2. The summed E-state index contributed by atoms with van der Waals surface area (Å²) in [5.74, 6) is -0.789. The zero-order valence-electron chi connectivity index (χ0n) is 16.1. The molecular formula is C21H22N6O2. The molecule has 0 spiro atoms. The van der Waals surface area contributed by atoms with Crippen molar-refractivity contribution in [2.24, 2.45) is 5.73 Å². The first kappa shape index (κ1) is 19.9. The molecule has 8 nitrogen and oxygen atoms in total. The molecule has 0 aliphatic carbocycles. The third-order valence-corrected chi connectivity index (χ3v) is 4.43. The second kappa shape index (κ2) is 8.92. The maximum absolute atomic E-state index is 13.0. The molecule has 1 aromatic carbocycles. The van der Waals surface area contributed by atoms with Gasteiger partial charge < -0.3 is 16.4 Å². The fourth-order valence-electron chi connectivity index (χ4n) is 2.94. The van der Waals surface area contributed by atoms with E-state index in [-0.39, 0.29) is 17.4 Å². The van der Waals surface area contributed by atoms with Crippen LogP contribution in [0.2, 0.25) is 0 Å². The van der Waals surface area contributed by atoms with Gasteiger partial charge in [0, 0.05) is 37.5 Å². The topological polar surface area (TPSA) is 128 Å². The van der Waals surface area contributed by atoms with Crippen molar-refractivity contribution in [2.45, 2.75) is 19.9 Å². The van der Waals surface area contributed by atoms with Gasteiger partial charge in [0.05, 0.1) is 11.9 Å². The van der Waals surface area contributed by atoms with E-state index < -0.39 is 5.91 Å². The van der Waals surface area contributed by atoms with Gasteiger partial charge >= 0.3 is 0 Å². The molecule has 3 rings (SSSR count). The zero-order valence-corrected chi connectivity index (χ0v) is 16.1. The van der Waals surface area contributed by atoms with Crippen molar-refractivity contribution in [3.8, 4) is 0 Å². The van der Waals surface area contributed by atoms with Crippen LogP contribution in [-0.2, 0) is 13.0 Å². The predicted octanol–water partition coefficient (Wildman–Crippen LogP) is 1.81. The predicted molar refractivity (Wildman–Crippen MR) is 109 cm³/mol. The Labute approximate surface area is 168 Å². The van der Waals surface area contributed by atoms with E-state index in [2.05, 4.69) is 15.0 Å². The summed E-state index contributed by atoms with van der Waals surface area (Å²) in [5.41, 5.74) is 13.9. The van der Waals surface area contributed by atoms with Crippen LogP contribution in [0.5, 0.6) is 0 Å². The van der Waals surface area contributed by atoms with Crippen LogP contribution in [0.15, 0.2) is 55.0 Å². The Balaban J connectivity index is 1.79. The highest BCUT2D eigenvalue weighted by molar-refractivity contribution is 5.95. The summed E-state index contributed by atoms with van der Waals surface area (Å²) in [4.78, 5) is 38.3. The van der Waals surface area contributed by atoms with Crippen molar-refractivity contribution in [3.63, 3.8) is 0 Å². The fourth-order valence-corrected chi connectivity index (χ4v) is 2.94. The van der Waals surface area contributed by atoms with Crippen LogP contribution in [0.25, 0.3) is 0 Å². The zero-order chi connectivity index (χ0) is 20.8. The number of nitrogens with zero attached hydrogens (tertiary/aromatic N) is 4. The van der Waals surface area contributed by atoms with Crippen LogP contribution < -0.4 is 11.5 Å². The van der Waals surface area contributed by atoms with Gasteiger partial charge in [-0.25, -0.2) is 9.97 Å². The number of primary amides is 1. The van der Waals surface area contributed by atoms with Crippen molar-refractivity contribution in [2.75, 3.05) is 12.3 Å². The minimum absolute atomic E-state index is 0.000113. The van der Waals surface area contributed by atoms with Gasteiger partial charge in [0.25, 0.3) is 11.8 Å². The molecule has 2 amide bonds. The fraction of sp³-hybridized carbons (Fsp3) is 0.190. The van der Waals surface area contributed by atoms with E-state index in [1.54, 1.807) is 23.4 Å². The number of pyridine rings is 1. The van der Waals surface area contributed by atoms with Crippen LogP contribution in [0.3, 0.4) is 0 Å². The second-order valence-corrected chi connectivity index (χ2v) is 6.51. The van der Waals surface area contributed by atoms with Crippen LogP contribution in [0.1, 0.15) is 44.6 Å². The lowest BCUT2D eigenvalue weighted by Crippen LogP contribution is -2.30. The molecule has 4 N–H and O–H groups in total. The smallest absolute Gasteiger partial charge is 0.271 e. The van der Waals surface area contributed by atoms with E-state index in [1.807, 2.05) is 37.3 Å². The first-order valence-corrected chi connectivity index (χ1v) is 9.16. The summed E-state index contributed by atoms with van der Waals surface area (Å²) >= 11 is 0. The third kappa shape index (κ3) is 4.92. The average molecular weight is 390 g/mol. The molecule has 3 aromatic rings. The van der Waals surface area contributed by atoms with Gasteiger partial charge in [-0.15, -0.1) is 0 Å². The lowest BCUT2D eigenvalue weighted by Gasteiger charge is -2.21. The third-order valence-electron chi connectivity index (χ3n) is 4.43. The van der Waals surface area contributed by atoms with E-state index in [4.69, 9.17) is 11.5 Å². The molecule has 148 valence electrons. The van der Waals surface area contributed by atoms with E-state index in [1.165, 1.54) is 6.20 Å². The van der Waals surface area contributed by atoms with Crippen molar-refractivity contribution >= 4 is 17.6 Å². The molecule has 8 heteroatoms. The number of nitrogens with two attached hydrogens (primary N) is 2. The molecule has 2 aromatic heterocycles. The van der Waals surface area contributed by atoms with Gasteiger partial charge in [-0.3, -0.25) is 14.6 Å². The summed E-state index contributed by atoms with van der Waals surface area (Å²) in [6, 6.07) is 11.1. The summed E-state index contributed by atoms with van der Waals surface area (Å²) in [6.45, 7) is 3.03. The second-order valence-electron chi connectivity index (χ2n) is 6.51. The molecule has 0 bridgehead atoms. The number of benzene rings is 1. The largest absolute Gasteiger partial charge is 0.382 e. The van der Waals surface area contributed by atoms with Crippen LogP contribution in [0.4, 0.5) is 5.82 Å². The Morgan fingerprint density at radius 3 is 2.55 bits per heavy atom. The van der Waals surface area contributed by atoms with Crippen LogP contribution in [-0.4, -0.2) is 38.2 Å². The standard InChI is InChI=1S/C21H22N6O2/c1-2-27(13-14-6-8-24-9-7-14)21(29)16-5-3-4-15(10-16)11-17-12-25-19(22)18(26-17)20(23)28/h3-10,12H,2,11,13H2,1H3,(H2,22,25)(H2,23,28). The maximum atomic E-state index is 13.0. The normalized spacial score (nSPS) is 10.5. The minimum atomic E-state index is -0.726. The molecule has 0 aliphatic rings. The van der Waals surface area contributed by atoms with E-state index in [9.17, 15) is 9.59 Å². The quantitative estimate of drug-likeness (QED) is 0.633. The molecule has 0 saturated carbocycles. The number of anilines is 1. The first-order chi connectivity index (χ1) is 14.0. The van der Waals surface area contributed by atoms with Gasteiger partial charge in [-0.05, 0) is 42.3 Å². The highest BCUT2D eigenvalue weighted by Gasteiger charge is 2.16. The van der Waals surface area contributed by atoms with Crippen LogP contribution in [0, 0.1) is 0 Å². The molecule has 0 atom stereocenters. The molecule has 0 unspecified atom stereocenters. The van der Waals surface area contributed by atoms with Gasteiger partial charge in [-0.2, -0.15) is 0 Å². The molecule has 0 fully saturated rings. The molecular weight excluding hydrogens is 368 g/mol. The number of hydrogen-bond acceptors (Lipinski definition) is 6.